The number of anilines is 1. The van der Waals surface area contributed by atoms with Gasteiger partial charge in [-0.3, -0.25) is 0 Å². The summed E-state index contributed by atoms with van der Waals surface area (Å²) in [5.41, 5.74) is 9.23. The molecule has 36 heavy (non-hydrogen) atoms. The van der Waals surface area contributed by atoms with Crippen LogP contribution in [0.3, 0.4) is 0 Å². The topological polar surface area (TPSA) is 78.4 Å². The smallest absolute Gasteiger partial charge is 0.146 e. The van der Waals surface area contributed by atoms with E-state index in [0.717, 1.165) is 66.7 Å². The van der Waals surface area contributed by atoms with Gasteiger partial charge in [0, 0.05) is 37.4 Å². The molecule has 1 aromatic carbocycles. The third kappa shape index (κ3) is 4.68. The third-order valence-electron chi connectivity index (χ3n) is 8.11. The first-order valence-corrected chi connectivity index (χ1v) is 13.2. The van der Waals surface area contributed by atoms with Gasteiger partial charge in [0.15, 0.2) is 0 Å². The average molecular weight is 494 g/mol. The summed E-state index contributed by atoms with van der Waals surface area (Å²) in [6.45, 7) is 7.26. The summed E-state index contributed by atoms with van der Waals surface area (Å²) in [4.78, 5) is 11.2. The van der Waals surface area contributed by atoms with Gasteiger partial charge < -0.3 is 24.7 Å². The number of fused-ring (bicyclic) bond motifs is 1. The summed E-state index contributed by atoms with van der Waals surface area (Å²) in [7, 11) is 0. The van der Waals surface area contributed by atoms with Gasteiger partial charge in [0.05, 0.1) is 17.1 Å². The quantitative estimate of drug-likeness (QED) is 0.498. The summed E-state index contributed by atoms with van der Waals surface area (Å²) >= 11 is 0. The summed E-state index contributed by atoms with van der Waals surface area (Å²) in [6.07, 6.45) is 8.06. The highest BCUT2D eigenvalue weighted by Crippen LogP contribution is 2.43. The molecule has 0 radical (unpaired) electrons. The first kappa shape index (κ1) is 23.7. The van der Waals surface area contributed by atoms with Gasteiger partial charge in [-0.15, -0.1) is 0 Å². The fraction of sp³-hybridized carbons (Fsp3) is 0.571. The van der Waals surface area contributed by atoms with Gasteiger partial charge in [0.1, 0.15) is 36.3 Å². The predicted molar refractivity (Wildman–Crippen MR) is 139 cm³/mol. The summed E-state index contributed by atoms with van der Waals surface area (Å²) in [5.74, 6) is 1.90. The normalized spacial score (nSPS) is 28.0. The Labute approximate surface area is 211 Å². The van der Waals surface area contributed by atoms with Crippen molar-refractivity contribution in [2.75, 3.05) is 32.0 Å². The van der Waals surface area contributed by atoms with Crippen LogP contribution in [0.25, 0.3) is 22.2 Å². The lowest BCUT2D eigenvalue weighted by molar-refractivity contribution is -0.0326. The van der Waals surface area contributed by atoms with Crippen molar-refractivity contribution < 1.29 is 13.9 Å². The molecule has 7 nitrogen and oxygen atoms in total. The monoisotopic (exact) mass is 493 g/mol. The molecule has 2 N–H and O–H groups in total. The highest BCUT2D eigenvalue weighted by Gasteiger charge is 2.35. The van der Waals surface area contributed by atoms with Gasteiger partial charge in [-0.05, 0) is 69.6 Å². The van der Waals surface area contributed by atoms with Gasteiger partial charge in [0.2, 0.25) is 0 Å². The molecule has 1 saturated carbocycles. The van der Waals surface area contributed by atoms with Crippen LogP contribution in [0, 0.1) is 5.92 Å². The van der Waals surface area contributed by atoms with E-state index in [4.69, 9.17) is 15.2 Å². The van der Waals surface area contributed by atoms with Crippen molar-refractivity contribution in [3.8, 4) is 16.9 Å². The van der Waals surface area contributed by atoms with E-state index in [1.54, 1.807) is 6.33 Å². The van der Waals surface area contributed by atoms with Gasteiger partial charge in [-0.1, -0.05) is 12.1 Å². The molecule has 6 rings (SSSR count). The second kappa shape index (κ2) is 9.30. The maximum atomic E-state index is 13.6. The van der Waals surface area contributed by atoms with Crippen molar-refractivity contribution in [1.29, 1.82) is 0 Å². The largest absolute Gasteiger partial charge is 0.491 e. The van der Waals surface area contributed by atoms with Gasteiger partial charge in [0.25, 0.3) is 0 Å². The Kier molecular flexibility index (Phi) is 6.12. The number of hydrogen-bond acceptors (Lipinski definition) is 6. The van der Waals surface area contributed by atoms with E-state index >= 15 is 0 Å². The van der Waals surface area contributed by atoms with Crippen LogP contribution in [0.15, 0.2) is 36.8 Å². The lowest BCUT2D eigenvalue weighted by atomic mass is 9.79. The van der Waals surface area contributed by atoms with Crippen LogP contribution in [0.2, 0.25) is 0 Å². The number of hydrogen-bond donors (Lipinski definition) is 1. The molecule has 1 aliphatic carbocycles. The van der Waals surface area contributed by atoms with Crippen molar-refractivity contribution in [2.45, 2.75) is 69.9 Å². The first-order valence-electron chi connectivity index (χ1n) is 13.2. The molecule has 0 spiro atoms. The number of nitrogens with two attached hydrogens (primary N) is 1. The van der Waals surface area contributed by atoms with Crippen molar-refractivity contribution in [2.24, 2.45) is 5.92 Å². The second-order valence-corrected chi connectivity index (χ2v) is 11.4. The zero-order valence-electron chi connectivity index (χ0n) is 21.2. The molecule has 3 fully saturated rings. The maximum absolute atomic E-state index is 13.6. The number of benzene rings is 1. The minimum atomic E-state index is -0.659. The molecule has 0 bridgehead atoms. The standard InChI is InChI=1S/C28H36FN5O2/c1-28(2)8-6-23(36-28)16-35-22-5-3-4-19(12-22)24-15-34(27-25(24)26(30)31-17-32-27)21-10-18(11-21)13-33-9-7-20(29)14-33/h3-5,12,15,17-18,20-21,23H,6-11,13-14,16H2,1-2H3,(H2,30,31,32). The lowest BCUT2D eigenvalue weighted by Crippen LogP contribution is -2.36. The van der Waals surface area contributed by atoms with Crippen molar-refractivity contribution in [3.63, 3.8) is 0 Å². The molecule has 2 aliphatic heterocycles. The fourth-order valence-electron chi connectivity index (χ4n) is 6.14. The molecule has 8 heteroatoms. The Morgan fingerprint density at radius 2 is 2.08 bits per heavy atom. The van der Waals surface area contributed by atoms with Crippen LogP contribution < -0.4 is 10.5 Å². The number of alkyl halides is 1. The van der Waals surface area contributed by atoms with E-state index in [1.165, 1.54) is 0 Å². The van der Waals surface area contributed by atoms with Crippen LogP contribution in [0.4, 0.5) is 10.2 Å². The van der Waals surface area contributed by atoms with Crippen LogP contribution in [0.5, 0.6) is 5.75 Å². The number of nitrogens with zero attached hydrogens (tertiary/aromatic N) is 4. The fourth-order valence-corrected chi connectivity index (χ4v) is 6.14. The maximum Gasteiger partial charge on any atom is 0.146 e. The Hall–Kier alpha value is -2.71. The molecular formula is C28H36FN5O2. The molecule has 4 heterocycles. The molecular weight excluding hydrogens is 457 g/mol. The van der Waals surface area contributed by atoms with Crippen molar-refractivity contribution >= 4 is 16.9 Å². The molecule has 192 valence electrons. The first-order chi connectivity index (χ1) is 17.3. The molecule has 3 aliphatic rings. The van der Waals surface area contributed by atoms with E-state index < -0.39 is 6.17 Å². The average Bonchev–Trinajstić information content (AvgIpc) is 3.52. The molecule has 2 saturated heterocycles. The Balaban J connectivity index is 1.20. The van der Waals surface area contributed by atoms with Crippen molar-refractivity contribution in [1.82, 2.24) is 19.4 Å². The number of aromatic nitrogens is 3. The van der Waals surface area contributed by atoms with E-state index in [-0.39, 0.29) is 11.7 Å². The number of halogens is 1. The predicted octanol–water partition coefficient (Wildman–Crippen LogP) is 5.01. The number of ether oxygens (including phenoxy) is 2. The lowest BCUT2D eigenvalue weighted by Gasteiger charge is -2.38. The minimum absolute atomic E-state index is 0.0695. The second-order valence-electron chi connectivity index (χ2n) is 11.4. The summed E-state index contributed by atoms with van der Waals surface area (Å²) < 4.78 is 28.0. The van der Waals surface area contributed by atoms with E-state index in [2.05, 4.69) is 51.6 Å². The van der Waals surface area contributed by atoms with Gasteiger partial charge >= 0.3 is 0 Å². The van der Waals surface area contributed by atoms with Gasteiger partial charge in [-0.2, -0.15) is 0 Å². The van der Waals surface area contributed by atoms with E-state index in [0.29, 0.717) is 37.4 Å². The molecule has 0 amide bonds. The van der Waals surface area contributed by atoms with E-state index in [1.807, 2.05) is 12.1 Å². The highest BCUT2D eigenvalue weighted by atomic mass is 19.1. The molecule has 3 aromatic rings. The highest BCUT2D eigenvalue weighted by molar-refractivity contribution is 6.00. The van der Waals surface area contributed by atoms with Crippen molar-refractivity contribution in [3.05, 3.63) is 36.8 Å². The molecule has 2 unspecified atom stereocenters. The Morgan fingerprint density at radius 3 is 2.83 bits per heavy atom. The number of rotatable bonds is 7. The Bertz CT molecular complexity index is 1240. The van der Waals surface area contributed by atoms with Crippen LogP contribution in [0.1, 0.15) is 52.0 Å². The van der Waals surface area contributed by atoms with Crippen LogP contribution in [-0.4, -0.2) is 63.6 Å². The van der Waals surface area contributed by atoms with Crippen LogP contribution >= 0.6 is 0 Å². The zero-order valence-corrected chi connectivity index (χ0v) is 21.2. The van der Waals surface area contributed by atoms with Crippen LogP contribution in [-0.2, 0) is 4.74 Å². The van der Waals surface area contributed by atoms with E-state index in [9.17, 15) is 4.39 Å². The third-order valence-corrected chi connectivity index (χ3v) is 8.11. The minimum Gasteiger partial charge on any atom is -0.491 e. The summed E-state index contributed by atoms with van der Waals surface area (Å²) in [6, 6.07) is 8.51. The Morgan fingerprint density at radius 1 is 1.22 bits per heavy atom. The molecule has 2 aromatic heterocycles. The SMILES string of the molecule is CC1(C)CCC(COc2cccc(-c3cn(C4CC(CN5CCC(F)C5)C4)c4ncnc(N)c34)c2)O1. The van der Waals surface area contributed by atoms with Gasteiger partial charge in [-0.25, -0.2) is 14.4 Å². The number of likely N-dealkylation sites (tertiary alicyclic amines) is 1. The molecule has 2 atom stereocenters. The summed E-state index contributed by atoms with van der Waals surface area (Å²) in [5, 5.41) is 0.888. The zero-order chi connectivity index (χ0) is 24.9. The number of nitrogen functional groups attached to an aromatic ring is 1.